The molecular weight excluding hydrogens is 495 g/mol. The largest absolute Gasteiger partial charge is 0.396 e. The number of fused-ring (bicyclic) bond motifs is 2. The van der Waals surface area contributed by atoms with Crippen LogP contribution in [0, 0.1) is 12.8 Å². The number of nitrogens with zero attached hydrogens (tertiary/aromatic N) is 2. The summed E-state index contributed by atoms with van der Waals surface area (Å²) in [5.74, 6) is -1.28. The molecule has 4 heterocycles. The number of hydrogen-bond acceptors (Lipinski definition) is 5. The second kappa shape index (κ2) is 8.70. The third-order valence-corrected chi connectivity index (χ3v) is 8.46. The van der Waals surface area contributed by atoms with Gasteiger partial charge in [-0.05, 0) is 38.5 Å². The number of sulfonamides is 1. The minimum Gasteiger partial charge on any atom is -0.364 e. The average Bonchev–Trinajstić information content (AvgIpc) is 3.05. The maximum absolute atomic E-state index is 13.6. The van der Waals surface area contributed by atoms with E-state index in [2.05, 4.69) is 15.7 Å². The Bertz CT molecular complexity index is 1430. The molecule has 0 amide bonds. The highest BCUT2D eigenvalue weighted by molar-refractivity contribution is 7.89. The van der Waals surface area contributed by atoms with Gasteiger partial charge in [-0.3, -0.25) is 19.5 Å². The summed E-state index contributed by atoms with van der Waals surface area (Å²) >= 11 is 0. The molecule has 3 unspecified atom stereocenters. The van der Waals surface area contributed by atoms with Gasteiger partial charge in [0, 0.05) is 30.3 Å². The van der Waals surface area contributed by atoms with E-state index in [0.717, 1.165) is 11.6 Å². The molecule has 3 atom stereocenters. The number of benzene rings is 1. The molecule has 1 aromatic carbocycles. The first-order valence-corrected chi connectivity index (χ1v) is 13.0. The molecule has 0 aliphatic carbocycles. The van der Waals surface area contributed by atoms with E-state index in [-0.39, 0.29) is 30.4 Å². The zero-order valence-electron chi connectivity index (χ0n) is 19.6. The summed E-state index contributed by atoms with van der Waals surface area (Å²) in [7, 11) is -3.93. The smallest absolute Gasteiger partial charge is 0.364 e. The van der Waals surface area contributed by atoms with Crippen LogP contribution in [-0.4, -0.2) is 47.8 Å². The fourth-order valence-electron chi connectivity index (χ4n) is 4.64. The fourth-order valence-corrected chi connectivity index (χ4v) is 6.10. The molecule has 0 fully saturated rings. The standard InChI is InChI=1S/C24H26F3N5O3S/c1-14-3-7-17(8-4-14)36(34,35)31-12-11-19-21(18-9-5-15(2)29-22(18)31)30-32(23(19)33)20-10-6-16(13-28-20)24(25,26)27/h3-10,15-16,20,28-30H,11-13H2,1-2H3. The molecule has 1 aromatic heterocycles. The van der Waals surface area contributed by atoms with Crippen molar-refractivity contribution in [3.05, 3.63) is 81.6 Å². The molecule has 192 valence electrons. The summed E-state index contributed by atoms with van der Waals surface area (Å²) in [6.07, 6.45) is 0.979. The van der Waals surface area contributed by atoms with E-state index in [1.165, 1.54) is 15.1 Å². The van der Waals surface area contributed by atoms with Crippen molar-refractivity contribution in [1.82, 2.24) is 24.7 Å². The number of H-pyrrole nitrogens is 1. The highest BCUT2D eigenvalue weighted by atomic mass is 32.2. The quantitative estimate of drug-likeness (QED) is 0.540. The number of nitrogens with one attached hydrogen (secondary N) is 3. The minimum atomic E-state index is -4.37. The Morgan fingerprint density at radius 2 is 1.81 bits per heavy atom. The summed E-state index contributed by atoms with van der Waals surface area (Å²) in [6.45, 7) is 3.42. The van der Waals surface area contributed by atoms with Gasteiger partial charge in [0.1, 0.15) is 12.0 Å². The van der Waals surface area contributed by atoms with Crippen LogP contribution < -0.4 is 16.2 Å². The van der Waals surface area contributed by atoms with Crippen LogP contribution >= 0.6 is 0 Å². The Morgan fingerprint density at radius 1 is 1.08 bits per heavy atom. The minimum absolute atomic E-state index is 0.0206. The lowest BCUT2D eigenvalue weighted by Gasteiger charge is -2.31. The molecule has 0 radical (unpaired) electrons. The molecule has 12 heteroatoms. The number of aryl methyl sites for hydroxylation is 1. The SMILES string of the molecule is Cc1ccc(S(=O)(=O)N2CCc3c([nH]n(C4C=CC(C(F)(F)F)CN4)c3=O)C3=C2NC(C)C=C3)cc1. The molecule has 36 heavy (non-hydrogen) atoms. The lowest BCUT2D eigenvalue weighted by Crippen LogP contribution is -2.43. The highest BCUT2D eigenvalue weighted by Crippen LogP contribution is 2.34. The van der Waals surface area contributed by atoms with E-state index >= 15 is 0 Å². The maximum atomic E-state index is 13.6. The van der Waals surface area contributed by atoms with Gasteiger partial charge in [0.2, 0.25) is 0 Å². The van der Waals surface area contributed by atoms with Crippen LogP contribution in [0.1, 0.15) is 29.9 Å². The van der Waals surface area contributed by atoms with Crippen LogP contribution in [0.3, 0.4) is 0 Å². The molecule has 8 nitrogen and oxygen atoms in total. The second-order valence-electron chi connectivity index (χ2n) is 9.22. The lowest BCUT2D eigenvalue weighted by atomic mass is 10.0. The van der Waals surface area contributed by atoms with E-state index in [0.29, 0.717) is 22.7 Å². The van der Waals surface area contributed by atoms with Crippen molar-refractivity contribution in [1.29, 1.82) is 0 Å². The molecule has 3 N–H and O–H groups in total. The average molecular weight is 522 g/mol. The predicted molar refractivity (Wildman–Crippen MR) is 128 cm³/mol. The number of hydrogen-bond donors (Lipinski definition) is 3. The highest BCUT2D eigenvalue weighted by Gasteiger charge is 2.40. The number of aromatic nitrogens is 2. The Kier molecular flexibility index (Phi) is 5.91. The number of alkyl halides is 3. The van der Waals surface area contributed by atoms with Crippen LogP contribution in [0.25, 0.3) is 5.57 Å². The monoisotopic (exact) mass is 521 g/mol. The van der Waals surface area contributed by atoms with E-state index in [9.17, 15) is 26.4 Å². The Morgan fingerprint density at radius 3 is 2.44 bits per heavy atom. The van der Waals surface area contributed by atoms with Crippen molar-refractivity contribution in [3.8, 4) is 0 Å². The topological polar surface area (TPSA) is 99.2 Å². The van der Waals surface area contributed by atoms with Crippen LogP contribution in [0.5, 0.6) is 0 Å². The molecular formula is C24H26F3N5O3S. The normalized spacial score (nSPS) is 24.2. The van der Waals surface area contributed by atoms with Gasteiger partial charge in [-0.1, -0.05) is 35.9 Å². The van der Waals surface area contributed by atoms with E-state index < -0.39 is 33.8 Å². The number of allylic oxidation sites excluding steroid dienone is 2. The first-order chi connectivity index (χ1) is 17.0. The molecule has 3 aliphatic heterocycles. The molecule has 2 aromatic rings. The van der Waals surface area contributed by atoms with Gasteiger partial charge in [-0.15, -0.1) is 0 Å². The van der Waals surface area contributed by atoms with Gasteiger partial charge in [0.05, 0.1) is 16.5 Å². The van der Waals surface area contributed by atoms with Gasteiger partial charge < -0.3 is 5.32 Å². The fraction of sp³-hybridized carbons (Fsp3) is 0.375. The third-order valence-electron chi connectivity index (χ3n) is 6.65. The third kappa shape index (κ3) is 4.17. The summed E-state index contributed by atoms with van der Waals surface area (Å²) in [5, 5.41) is 9.02. The maximum Gasteiger partial charge on any atom is 0.396 e. The molecule has 0 bridgehead atoms. The zero-order valence-corrected chi connectivity index (χ0v) is 20.4. The van der Waals surface area contributed by atoms with Crippen molar-refractivity contribution in [3.63, 3.8) is 0 Å². The van der Waals surface area contributed by atoms with Crippen molar-refractivity contribution in [2.75, 3.05) is 13.1 Å². The van der Waals surface area contributed by atoms with Crippen LogP contribution in [0.2, 0.25) is 0 Å². The van der Waals surface area contributed by atoms with E-state index in [4.69, 9.17) is 0 Å². The van der Waals surface area contributed by atoms with Gasteiger partial charge in [0.25, 0.3) is 15.6 Å². The summed E-state index contributed by atoms with van der Waals surface area (Å²) < 4.78 is 68.9. The molecule has 0 spiro atoms. The van der Waals surface area contributed by atoms with Gasteiger partial charge in [0.15, 0.2) is 0 Å². The van der Waals surface area contributed by atoms with Crippen molar-refractivity contribution in [2.45, 2.75) is 43.5 Å². The number of dihydropyridines is 1. The van der Waals surface area contributed by atoms with Gasteiger partial charge in [-0.2, -0.15) is 13.2 Å². The van der Waals surface area contributed by atoms with Gasteiger partial charge >= 0.3 is 6.18 Å². The predicted octanol–water partition coefficient (Wildman–Crippen LogP) is 2.78. The van der Waals surface area contributed by atoms with Crippen molar-refractivity contribution < 1.29 is 21.6 Å². The first kappa shape index (κ1) is 24.4. The summed E-state index contributed by atoms with van der Waals surface area (Å²) in [5.41, 5.74) is 1.84. The Labute approximate surface area is 206 Å². The number of aromatic amines is 1. The first-order valence-electron chi connectivity index (χ1n) is 11.6. The van der Waals surface area contributed by atoms with Crippen molar-refractivity contribution in [2.24, 2.45) is 5.92 Å². The van der Waals surface area contributed by atoms with Gasteiger partial charge in [-0.25, -0.2) is 13.1 Å². The van der Waals surface area contributed by atoms with Crippen LogP contribution in [-0.2, 0) is 16.4 Å². The van der Waals surface area contributed by atoms with E-state index in [1.807, 2.05) is 19.9 Å². The molecule has 0 saturated carbocycles. The molecule has 3 aliphatic rings. The lowest BCUT2D eigenvalue weighted by molar-refractivity contribution is -0.161. The van der Waals surface area contributed by atoms with Crippen LogP contribution in [0.15, 0.2) is 64.1 Å². The van der Waals surface area contributed by atoms with Crippen LogP contribution in [0.4, 0.5) is 13.2 Å². The Balaban J connectivity index is 1.57. The molecule has 5 rings (SSSR count). The van der Waals surface area contributed by atoms with Crippen molar-refractivity contribution >= 4 is 15.6 Å². The Hall–Kier alpha value is -3.25. The summed E-state index contributed by atoms with van der Waals surface area (Å²) in [6, 6.07) is 6.41. The number of halogens is 3. The molecule has 0 saturated heterocycles. The second-order valence-corrected chi connectivity index (χ2v) is 11.1. The zero-order chi connectivity index (χ0) is 25.8. The number of rotatable bonds is 3. The summed E-state index contributed by atoms with van der Waals surface area (Å²) in [4.78, 5) is 13.5. The van der Waals surface area contributed by atoms with E-state index in [1.54, 1.807) is 30.3 Å².